The van der Waals surface area contributed by atoms with Gasteiger partial charge in [-0.1, -0.05) is 6.42 Å². The van der Waals surface area contributed by atoms with E-state index in [0.717, 1.165) is 42.9 Å². The smallest absolute Gasteiger partial charge is 0.363 e. The first-order chi connectivity index (χ1) is 19.8. The molecule has 0 spiro atoms. The van der Waals surface area contributed by atoms with Crippen molar-refractivity contribution in [2.24, 2.45) is 0 Å². The Kier molecular flexibility index (Phi) is 7.21. The zero-order valence-electron chi connectivity index (χ0n) is 22.5. The summed E-state index contributed by atoms with van der Waals surface area (Å²) in [7, 11) is 0. The lowest BCUT2D eigenvalue weighted by atomic mass is 9.81. The number of nitrogens with zero attached hydrogens (tertiary/aromatic N) is 5. The van der Waals surface area contributed by atoms with Gasteiger partial charge in [-0.3, -0.25) is 14.7 Å². The Morgan fingerprint density at radius 1 is 1.17 bits per heavy atom. The normalized spacial score (nSPS) is 20.2. The Bertz CT molecular complexity index is 1660. The predicted octanol–water partition coefficient (Wildman–Crippen LogP) is 5.66. The average Bonchev–Trinajstić information content (AvgIpc) is 2.99. The molecule has 3 atom stereocenters. The molecule has 0 bridgehead atoms. The third-order valence-corrected chi connectivity index (χ3v) is 8.28. The zero-order chi connectivity index (χ0) is 28.7. The number of halogens is 2. The molecule has 0 saturated heterocycles. The summed E-state index contributed by atoms with van der Waals surface area (Å²) in [5, 5.41) is 11.2. The maximum absolute atomic E-state index is 14.6. The van der Waals surface area contributed by atoms with Gasteiger partial charge in [0.05, 0.1) is 16.9 Å². The first-order valence-electron chi connectivity index (χ1n) is 13.7. The molecule has 1 aromatic carbocycles. The van der Waals surface area contributed by atoms with Gasteiger partial charge in [0.15, 0.2) is 17.0 Å². The molecular weight excluding hydrogens is 532 g/mol. The van der Waals surface area contributed by atoms with Gasteiger partial charge in [-0.05, 0) is 77.4 Å². The summed E-state index contributed by atoms with van der Waals surface area (Å²) in [4.78, 5) is 34.7. The van der Waals surface area contributed by atoms with Crippen LogP contribution in [0.25, 0.3) is 10.9 Å². The molecule has 41 heavy (non-hydrogen) atoms. The molecule has 1 fully saturated rings. The zero-order valence-corrected chi connectivity index (χ0v) is 22.5. The third kappa shape index (κ3) is 5.17. The molecule has 1 aliphatic carbocycles. The summed E-state index contributed by atoms with van der Waals surface area (Å²) in [6, 6.07) is 8.01. The topological polar surface area (TPSA) is 103 Å². The maximum Gasteiger partial charge on any atom is 0.363 e. The van der Waals surface area contributed by atoms with Crippen LogP contribution in [0.5, 0.6) is 5.75 Å². The molecule has 0 N–H and O–H groups in total. The number of nitro groups is 1. The van der Waals surface area contributed by atoms with E-state index >= 15 is 0 Å². The first-order valence-corrected chi connectivity index (χ1v) is 13.7. The molecule has 4 heterocycles. The van der Waals surface area contributed by atoms with E-state index in [0.29, 0.717) is 18.7 Å². The van der Waals surface area contributed by atoms with Crippen molar-refractivity contribution < 1.29 is 18.4 Å². The van der Waals surface area contributed by atoms with Gasteiger partial charge in [-0.15, -0.1) is 0 Å². The second-order valence-corrected chi connectivity index (χ2v) is 10.9. The van der Waals surface area contributed by atoms with Crippen molar-refractivity contribution in [3.05, 3.63) is 104 Å². The number of pyridine rings is 3. The SMILES string of the molecule is CC1COc2c(F)c(F)cc3c(=O)c(CN(Cc4ccncc4)[C@H]4CCCC(c5ccc([N+](=O)[O-])nc5)C4)cn1c23. The summed E-state index contributed by atoms with van der Waals surface area (Å²) >= 11 is 0. The van der Waals surface area contributed by atoms with Crippen molar-refractivity contribution in [1.82, 2.24) is 19.4 Å². The Balaban J connectivity index is 1.36. The standard InChI is InChI=1S/C30H29F2N5O4/c1-18-17-41-30-27(32)25(31)12-24-28(30)36(18)16-22(29(24)38)15-35(14-19-7-9-33-10-8-19)23-4-2-3-20(11-23)21-5-6-26(34-13-21)37(39)40/h5-10,12-13,16,18,20,23H,2-4,11,14-15,17H2,1H3/t18?,20?,23-/m0/s1. The predicted molar refractivity (Wildman–Crippen MR) is 148 cm³/mol. The fourth-order valence-electron chi connectivity index (χ4n) is 6.16. The summed E-state index contributed by atoms with van der Waals surface area (Å²) in [5.74, 6) is -2.43. The van der Waals surface area contributed by atoms with E-state index in [1.54, 1.807) is 30.9 Å². The lowest BCUT2D eigenvalue weighted by Crippen LogP contribution is -2.39. The highest BCUT2D eigenvalue weighted by atomic mass is 19.2. The number of benzene rings is 1. The van der Waals surface area contributed by atoms with E-state index in [4.69, 9.17) is 4.74 Å². The Morgan fingerprint density at radius 2 is 1.98 bits per heavy atom. The van der Waals surface area contributed by atoms with Crippen LogP contribution >= 0.6 is 0 Å². The van der Waals surface area contributed by atoms with E-state index in [2.05, 4.69) is 14.9 Å². The van der Waals surface area contributed by atoms with Gasteiger partial charge in [-0.2, -0.15) is 4.39 Å². The molecule has 6 rings (SSSR count). The number of hydrogen-bond donors (Lipinski definition) is 0. The fourth-order valence-corrected chi connectivity index (χ4v) is 6.16. The van der Waals surface area contributed by atoms with Crippen molar-refractivity contribution >= 4 is 16.7 Å². The average molecular weight is 562 g/mol. The number of hydrogen-bond acceptors (Lipinski definition) is 7. The molecule has 0 radical (unpaired) electrons. The Labute approximate surface area is 234 Å². The lowest BCUT2D eigenvalue weighted by Gasteiger charge is -2.38. The number of aromatic nitrogens is 3. The van der Waals surface area contributed by atoms with Crippen LogP contribution in [-0.2, 0) is 13.1 Å². The Morgan fingerprint density at radius 3 is 2.71 bits per heavy atom. The molecule has 1 saturated carbocycles. The van der Waals surface area contributed by atoms with Crippen LogP contribution in [0.15, 0.2) is 59.9 Å². The quantitative estimate of drug-likeness (QED) is 0.212. The highest BCUT2D eigenvalue weighted by molar-refractivity contribution is 5.86. The minimum atomic E-state index is -1.11. The molecular formula is C30H29F2N5O4. The van der Waals surface area contributed by atoms with Crippen molar-refractivity contribution in [1.29, 1.82) is 0 Å². The van der Waals surface area contributed by atoms with Gasteiger partial charge in [0.2, 0.25) is 5.82 Å². The van der Waals surface area contributed by atoms with Gasteiger partial charge in [0.25, 0.3) is 0 Å². The monoisotopic (exact) mass is 561 g/mol. The van der Waals surface area contributed by atoms with Crippen LogP contribution in [0, 0.1) is 21.7 Å². The van der Waals surface area contributed by atoms with E-state index in [1.165, 1.54) is 6.07 Å². The molecule has 1 aliphatic heterocycles. The van der Waals surface area contributed by atoms with Gasteiger partial charge in [0.1, 0.15) is 12.8 Å². The molecule has 9 nitrogen and oxygen atoms in total. The molecule has 11 heteroatoms. The van der Waals surface area contributed by atoms with Gasteiger partial charge in [-0.25, -0.2) is 4.39 Å². The maximum atomic E-state index is 14.6. The minimum absolute atomic E-state index is 0.102. The second kappa shape index (κ2) is 11.0. The molecule has 0 amide bonds. The lowest BCUT2D eigenvalue weighted by molar-refractivity contribution is -0.389. The van der Waals surface area contributed by atoms with Crippen LogP contribution in [0.3, 0.4) is 0 Å². The molecule has 2 aliphatic rings. The summed E-state index contributed by atoms with van der Waals surface area (Å²) < 4.78 is 36.4. The van der Waals surface area contributed by atoms with Gasteiger partial charge in [0, 0.05) is 49.4 Å². The van der Waals surface area contributed by atoms with E-state index < -0.39 is 16.6 Å². The van der Waals surface area contributed by atoms with Gasteiger partial charge < -0.3 is 19.4 Å². The molecule has 4 aromatic rings. The highest BCUT2D eigenvalue weighted by Gasteiger charge is 2.31. The van der Waals surface area contributed by atoms with Crippen LogP contribution < -0.4 is 10.2 Å². The van der Waals surface area contributed by atoms with Crippen molar-refractivity contribution in [3.63, 3.8) is 0 Å². The molecule has 3 aromatic heterocycles. The highest BCUT2D eigenvalue weighted by Crippen LogP contribution is 2.38. The van der Waals surface area contributed by atoms with Crippen LogP contribution in [0.2, 0.25) is 0 Å². The van der Waals surface area contributed by atoms with Crippen LogP contribution in [0.1, 0.15) is 61.3 Å². The first kappa shape index (κ1) is 26.9. The van der Waals surface area contributed by atoms with Gasteiger partial charge >= 0.3 is 5.82 Å². The minimum Gasteiger partial charge on any atom is -0.486 e. The second-order valence-electron chi connectivity index (χ2n) is 10.9. The summed E-state index contributed by atoms with van der Waals surface area (Å²) in [6.07, 6.45) is 10.4. The summed E-state index contributed by atoms with van der Waals surface area (Å²) in [5.41, 5.74) is 2.43. The summed E-state index contributed by atoms with van der Waals surface area (Å²) in [6.45, 7) is 2.96. The van der Waals surface area contributed by atoms with E-state index in [-0.39, 0.29) is 52.5 Å². The third-order valence-electron chi connectivity index (χ3n) is 8.28. The van der Waals surface area contributed by atoms with E-state index in [1.807, 2.05) is 23.6 Å². The largest absolute Gasteiger partial charge is 0.486 e. The van der Waals surface area contributed by atoms with Crippen molar-refractivity contribution in [2.45, 2.75) is 63.7 Å². The van der Waals surface area contributed by atoms with E-state index in [9.17, 15) is 23.7 Å². The van der Waals surface area contributed by atoms with Crippen molar-refractivity contribution in [2.75, 3.05) is 6.61 Å². The molecule has 212 valence electrons. The van der Waals surface area contributed by atoms with Crippen LogP contribution in [-0.4, -0.2) is 37.0 Å². The van der Waals surface area contributed by atoms with Crippen LogP contribution in [0.4, 0.5) is 14.6 Å². The Hall–Kier alpha value is -4.25. The van der Waals surface area contributed by atoms with Crippen molar-refractivity contribution in [3.8, 4) is 5.75 Å². The molecule has 2 unspecified atom stereocenters. The number of rotatable bonds is 7. The number of ether oxygens (including phenoxy) is 1. The fraction of sp³-hybridized carbons (Fsp3) is 0.367.